The highest BCUT2D eigenvalue weighted by Gasteiger charge is 1.97. The fourth-order valence-corrected chi connectivity index (χ4v) is 0.630. The number of rotatable bonds is 3. The number of hydrogen-bond donors (Lipinski definition) is 0. The lowest BCUT2D eigenvalue weighted by atomic mass is 10.2. The molecule has 12 heavy (non-hydrogen) atoms. The van der Waals surface area contributed by atoms with Gasteiger partial charge >= 0.3 is 0 Å². The molecule has 0 aliphatic rings. The van der Waals surface area contributed by atoms with E-state index in [2.05, 4.69) is 31.9 Å². The smallest absolute Gasteiger partial charge is 0.221 e. The molecule has 0 saturated carbocycles. The zero-order valence-electron chi connectivity index (χ0n) is 6.94. The summed E-state index contributed by atoms with van der Waals surface area (Å²) in [4.78, 5) is 19.7. The van der Waals surface area contributed by atoms with Gasteiger partial charge in [-0.05, 0) is 33.4 Å². The van der Waals surface area contributed by atoms with E-state index in [1.165, 1.54) is 0 Å². The molecule has 0 heterocycles. The molecule has 2 nitrogen and oxygen atoms in total. The van der Waals surface area contributed by atoms with Crippen LogP contribution in [0.5, 0.6) is 0 Å². The first-order chi connectivity index (χ1) is 5.40. The third-order valence-electron chi connectivity index (χ3n) is 0.674. The van der Waals surface area contributed by atoms with E-state index in [1.54, 1.807) is 0 Å². The van der Waals surface area contributed by atoms with Crippen molar-refractivity contribution in [1.29, 1.82) is 0 Å². The summed E-state index contributed by atoms with van der Waals surface area (Å²) in [7, 11) is 0. The van der Waals surface area contributed by atoms with Crippen LogP contribution >= 0.6 is 43.5 Å². The molecule has 0 fully saturated rings. The summed E-state index contributed by atoms with van der Waals surface area (Å²) in [6.07, 6.45) is 0.488. The minimum atomic E-state index is -0.241. The molecule has 72 valence electrons. The first-order valence-electron chi connectivity index (χ1n) is 3.32. The SMILES string of the molecule is CC(C)CC(=O)Cl.O=C(Br)CBr. The Hall–Kier alpha value is 0.590. The van der Waals surface area contributed by atoms with Crippen molar-refractivity contribution in [2.24, 2.45) is 5.92 Å². The van der Waals surface area contributed by atoms with E-state index in [-0.39, 0.29) is 9.93 Å². The summed E-state index contributed by atoms with van der Waals surface area (Å²) in [5.74, 6) is 0.394. The molecule has 0 aliphatic heterocycles. The monoisotopic (exact) mass is 320 g/mol. The van der Waals surface area contributed by atoms with E-state index in [0.717, 1.165) is 0 Å². The van der Waals surface area contributed by atoms with Gasteiger partial charge in [0.15, 0.2) is 0 Å². The van der Waals surface area contributed by atoms with Crippen molar-refractivity contribution < 1.29 is 9.59 Å². The molecule has 0 rings (SSSR count). The topological polar surface area (TPSA) is 34.1 Å². The zero-order valence-corrected chi connectivity index (χ0v) is 10.9. The molecule has 0 saturated heterocycles. The molecule has 0 unspecified atom stereocenters. The summed E-state index contributed by atoms with van der Waals surface area (Å²) >= 11 is 10.6. The lowest BCUT2D eigenvalue weighted by Gasteiger charge is -1.93. The quantitative estimate of drug-likeness (QED) is 0.591. The van der Waals surface area contributed by atoms with Crippen LogP contribution in [0.15, 0.2) is 0 Å². The number of carbonyl (C=O) groups is 2. The van der Waals surface area contributed by atoms with Gasteiger partial charge in [0, 0.05) is 6.42 Å². The predicted molar refractivity (Wildman–Crippen MR) is 58.0 cm³/mol. The van der Waals surface area contributed by atoms with E-state index in [0.29, 0.717) is 17.7 Å². The van der Waals surface area contributed by atoms with Crippen LogP contribution in [0.2, 0.25) is 0 Å². The minimum absolute atomic E-state index is 0.0162. The highest BCUT2D eigenvalue weighted by molar-refractivity contribution is 9.19. The molecule has 0 atom stereocenters. The van der Waals surface area contributed by atoms with Crippen LogP contribution < -0.4 is 0 Å². The van der Waals surface area contributed by atoms with Gasteiger partial charge in [-0.15, -0.1) is 0 Å². The second kappa shape index (κ2) is 9.68. The zero-order chi connectivity index (χ0) is 10.1. The average molecular weight is 322 g/mol. The fraction of sp³-hybridized carbons (Fsp3) is 0.714. The summed E-state index contributed by atoms with van der Waals surface area (Å²) in [5.41, 5.74) is 0. The van der Waals surface area contributed by atoms with Crippen LogP contribution in [0.4, 0.5) is 0 Å². The van der Waals surface area contributed by atoms with Crippen molar-refractivity contribution in [2.45, 2.75) is 20.3 Å². The van der Waals surface area contributed by atoms with Crippen LogP contribution in [-0.2, 0) is 9.59 Å². The van der Waals surface area contributed by atoms with Gasteiger partial charge in [0.1, 0.15) is 0 Å². The van der Waals surface area contributed by atoms with Crippen molar-refractivity contribution in [3.8, 4) is 0 Å². The molecule has 0 amide bonds. The Labute approximate surface area is 94.3 Å². The van der Waals surface area contributed by atoms with Gasteiger partial charge in [-0.3, -0.25) is 9.59 Å². The van der Waals surface area contributed by atoms with Gasteiger partial charge < -0.3 is 0 Å². The highest BCUT2D eigenvalue weighted by Crippen LogP contribution is 2.01. The average Bonchev–Trinajstić information content (AvgIpc) is 1.85. The summed E-state index contributed by atoms with van der Waals surface area (Å²) in [6.45, 7) is 3.92. The summed E-state index contributed by atoms with van der Waals surface area (Å²) in [5, 5.41) is 0.155. The Morgan fingerprint density at radius 2 is 1.75 bits per heavy atom. The second-order valence-electron chi connectivity index (χ2n) is 2.44. The molecule has 5 heteroatoms. The molecule has 0 spiro atoms. The Kier molecular flexibility index (Phi) is 12.2. The van der Waals surface area contributed by atoms with Gasteiger partial charge in [-0.25, -0.2) is 0 Å². The molecule has 0 radical (unpaired) electrons. The Morgan fingerprint density at radius 3 is 1.75 bits per heavy atom. The van der Waals surface area contributed by atoms with Gasteiger partial charge in [0.05, 0.1) is 5.33 Å². The van der Waals surface area contributed by atoms with E-state index in [4.69, 9.17) is 11.6 Å². The second-order valence-corrected chi connectivity index (χ2v) is 4.31. The van der Waals surface area contributed by atoms with E-state index >= 15 is 0 Å². The van der Waals surface area contributed by atoms with Crippen molar-refractivity contribution in [3.63, 3.8) is 0 Å². The lowest BCUT2D eigenvalue weighted by molar-refractivity contribution is -0.112. The van der Waals surface area contributed by atoms with E-state index < -0.39 is 0 Å². The Bertz CT molecular complexity index is 148. The van der Waals surface area contributed by atoms with Crippen LogP contribution in [0.25, 0.3) is 0 Å². The van der Waals surface area contributed by atoms with Crippen LogP contribution in [0.1, 0.15) is 20.3 Å². The Morgan fingerprint density at radius 1 is 1.42 bits per heavy atom. The van der Waals surface area contributed by atoms with Gasteiger partial charge in [0.2, 0.25) is 9.93 Å². The standard InChI is InChI=1S/C5H9ClO.C2H2Br2O/c1-4(2)3-5(6)7;3-1-2(4)5/h4H,3H2,1-2H3;1H2. The summed E-state index contributed by atoms with van der Waals surface area (Å²) in [6, 6.07) is 0. The lowest BCUT2D eigenvalue weighted by Crippen LogP contribution is -1.92. The molecule has 0 aliphatic carbocycles. The molecule has 0 aromatic carbocycles. The van der Waals surface area contributed by atoms with E-state index in [9.17, 15) is 9.59 Å². The number of hydrogen-bond acceptors (Lipinski definition) is 2. The van der Waals surface area contributed by atoms with Crippen molar-refractivity contribution in [3.05, 3.63) is 0 Å². The summed E-state index contributed by atoms with van der Waals surface area (Å²) < 4.78 is -0.0162. The molecule has 0 aromatic rings. The van der Waals surface area contributed by atoms with Crippen LogP contribution in [0.3, 0.4) is 0 Å². The molecular formula is C7H11Br2ClO2. The predicted octanol–water partition coefficient (Wildman–Crippen LogP) is 3.10. The number of alkyl halides is 1. The molecular weight excluding hydrogens is 311 g/mol. The third-order valence-corrected chi connectivity index (χ3v) is 2.37. The molecule has 0 N–H and O–H groups in total. The van der Waals surface area contributed by atoms with Crippen molar-refractivity contribution in [1.82, 2.24) is 0 Å². The minimum Gasteiger partial charge on any atom is -0.286 e. The van der Waals surface area contributed by atoms with Gasteiger partial charge in [0.25, 0.3) is 0 Å². The Balaban J connectivity index is 0. The fourth-order valence-electron chi connectivity index (χ4n) is 0.321. The van der Waals surface area contributed by atoms with Gasteiger partial charge in [-0.2, -0.15) is 0 Å². The molecule has 0 aromatic heterocycles. The maximum Gasteiger partial charge on any atom is 0.221 e. The molecule has 0 bridgehead atoms. The van der Waals surface area contributed by atoms with Crippen molar-refractivity contribution in [2.75, 3.05) is 5.33 Å². The number of carbonyl (C=O) groups excluding carboxylic acids is 2. The van der Waals surface area contributed by atoms with Gasteiger partial charge in [-0.1, -0.05) is 29.8 Å². The normalized spacial score (nSPS) is 8.83. The first-order valence-corrected chi connectivity index (χ1v) is 5.62. The maximum atomic E-state index is 10.0. The van der Waals surface area contributed by atoms with E-state index in [1.807, 2.05) is 13.8 Å². The highest BCUT2D eigenvalue weighted by atomic mass is 79.9. The van der Waals surface area contributed by atoms with Crippen molar-refractivity contribution >= 4 is 53.4 Å². The maximum absolute atomic E-state index is 10.0. The first kappa shape index (κ1) is 15.1. The third kappa shape index (κ3) is 22.4. The number of halogens is 3. The van der Waals surface area contributed by atoms with Crippen LogP contribution in [0, 0.1) is 5.92 Å². The largest absolute Gasteiger partial charge is 0.286 e. The van der Waals surface area contributed by atoms with Crippen LogP contribution in [-0.4, -0.2) is 15.3 Å².